The molecule has 1 saturated heterocycles. The molecular weight excluding hydrogens is 437 g/mol. The molecule has 4 rings (SSSR count). The molecule has 1 atom stereocenters. The molecule has 0 saturated carbocycles. The van der Waals surface area contributed by atoms with Gasteiger partial charge in [-0.15, -0.1) is 11.3 Å². The molecule has 1 amide bonds. The van der Waals surface area contributed by atoms with Crippen molar-refractivity contribution in [2.24, 2.45) is 0 Å². The van der Waals surface area contributed by atoms with Gasteiger partial charge in [0.1, 0.15) is 11.9 Å². The molecule has 0 spiro atoms. The van der Waals surface area contributed by atoms with Crippen molar-refractivity contribution in [3.8, 4) is 11.3 Å². The fourth-order valence-corrected chi connectivity index (χ4v) is 4.64. The molecule has 3 aromatic rings. The first-order chi connectivity index (χ1) is 15.1. The van der Waals surface area contributed by atoms with Crippen LogP contribution in [0.2, 0.25) is 5.02 Å². The number of amides is 1. The van der Waals surface area contributed by atoms with Crippen molar-refractivity contribution >= 4 is 39.7 Å². The van der Waals surface area contributed by atoms with E-state index in [0.717, 1.165) is 16.9 Å². The van der Waals surface area contributed by atoms with Gasteiger partial charge in [-0.2, -0.15) is 0 Å². The van der Waals surface area contributed by atoms with Gasteiger partial charge < -0.3 is 14.5 Å². The van der Waals surface area contributed by atoms with Gasteiger partial charge in [0.05, 0.1) is 18.9 Å². The number of thiazole rings is 1. The van der Waals surface area contributed by atoms with Crippen molar-refractivity contribution in [2.75, 3.05) is 31.2 Å². The first-order valence-corrected chi connectivity index (χ1v) is 11.5. The molecule has 0 unspecified atom stereocenters. The summed E-state index contributed by atoms with van der Waals surface area (Å²) in [4.78, 5) is 22.1. The monoisotopic (exact) mass is 459 g/mol. The van der Waals surface area contributed by atoms with Crippen molar-refractivity contribution in [3.63, 3.8) is 0 Å². The maximum absolute atomic E-state index is 13.4. The van der Waals surface area contributed by atoms with Gasteiger partial charge in [0.15, 0.2) is 5.13 Å². The SMILES string of the molecule is CC[C@H](C(=O)N1CCOCC1)N(c1ccc(Cl)cc1)c1nc(-c2ccc(F)cc2)cs1. The number of ether oxygens (including phenoxy) is 1. The molecule has 1 aliphatic rings. The second-order valence-electron chi connectivity index (χ2n) is 7.23. The second kappa shape index (κ2) is 9.77. The molecule has 0 bridgehead atoms. The van der Waals surface area contributed by atoms with E-state index in [0.29, 0.717) is 42.9 Å². The van der Waals surface area contributed by atoms with E-state index in [1.165, 1.54) is 23.5 Å². The van der Waals surface area contributed by atoms with Crippen LogP contribution in [0, 0.1) is 5.82 Å². The molecule has 31 heavy (non-hydrogen) atoms. The van der Waals surface area contributed by atoms with E-state index in [1.807, 2.05) is 46.4 Å². The number of benzene rings is 2. The van der Waals surface area contributed by atoms with Gasteiger partial charge >= 0.3 is 0 Å². The third-order valence-electron chi connectivity index (χ3n) is 5.25. The van der Waals surface area contributed by atoms with Gasteiger partial charge in [0.2, 0.25) is 5.91 Å². The molecular formula is C23H23ClFN3O2S. The molecule has 8 heteroatoms. The van der Waals surface area contributed by atoms with Gasteiger partial charge in [-0.1, -0.05) is 18.5 Å². The molecule has 1 aromatic heterocycles. The zero-order valence-electron chi connectivity index (χ0n) is 17.1. The minimum Gasteiger partial charge on any atom is -0.378 e. The highest BCUT2D eigenvalue weighted by molar-refractivity contribution is 7.14. The summed E-state index contributed by atoms with van der Waals surface area (Å²) < 4.78 is 18.7. The Labute approximate surface area is 190 Å². The fourth-order valence-electron chi connectivity index (χ4n) is 3.62. The number of hydrogen-bond donors (Lipinski definition) is 0. The number of halogens is 2. The summed E-state index contributed by atoms with van der Waals surface area (Å²) >= 11 is 7.56. The number of nitrogens with zero attached hydrogens (tertiary/aromatic N) is 3. The normalized spacial score (nSPS) is 15.0. The highest BCUT2D eigenvalue weighted by atomic mass is 35.5. The molecule has 162 valence electrons. The Morgan fingerprint density at radius 2 is 1.87 bits per heavy atom. The predicted molar refractivity (Wildman–Crippen MR) is 123 cm³/mol. The molecule has 1 aliphatic heterocycles. The number of morpholine rings is 1. The Kier molecular flexibility index (Phi) is 6.85. The van der Waals surface area contributed by atoms with Crippen LogP contribution in [0.5, 0.6) is 0 Å². The summed E-state index contributed by atoms with van der Waals surface area (Å²) in [7, 11) is 0. The Balaban J connectivity index is 1.71. The molecule has 1 fully saturated rings. The Morgan fingerprint density at radius 1 is 1.19 bits per heavy atom. The first-order valence-electron chi connectivity index (χ1n) is 10.2. The van der Waals surface area contributed by atoms with Crippen LogP contribution >= 0.6 is 22.9 Å². The molecule has 2 aromatic carbocycles. The lowest BCUT2D eigenvalue weighted by Crippen LogP contribution is -2.50. The lowest BCUT2D eigenvalue weighted by molar-refractivity contribution is -0.136. The van der Waals surface area contributed by atoms with Crippen LogP contribution in [-0.2, 0) is 9.53 Å². The number of carbonyl (C=O) groups excluding carboxylic acids is 1. The molecule has 0 aliphatic carbocycles. The largest absolute Gasteiger partial charge is 0.378 e. The van der Waals surface area contributed by atoms with E-state index in [-0.39, 0.29) is 11.7 Å². The van der Waals surface area contributed by atoms with Crippen LogP contribution in [-0.4, -0.2) is 48.1 Å². The van der Waals surface area contributed by atoms with Crippen LogP contribution in [0.3, 0.4) is 0 Å². The quantitative estimate of drug-likeness (QED) is 0.496. The lowest BCUT2D eigenvalue weighted by Gasteiger charge is -2.35. The average Bonchev–Trinajstić information content (AvgIpc) is 3.28. The zero-order valence-corrected chi connectivity index (χ0v) is 18.7. The third-order valence-corrected chi connectivity index (χ3v) is 6.34. The van der Waals surface area contributed by atoms with Gasteiger partial charge in [0.25, 0.3) is 0 Å². The number of rotatable bonds is 6. The highest BCUT2D eigenvalue weighted by Crippen LogP contribution is 2.35. The predicted octanol–water partition coefficient (Wildman–Crippen LogP) is 5.38. The van der Waals surface area contributed by atoms with Crippen molar-refractivity contribution < 1.29 is 13.9 Å². The Bertz CT molecular complexity index is 1020. The van der Waals surface area contributed by atoms with Crippen molar-refractivity contribution in [3.05, 3.63) is 64.8 Å². The van der Waals surface area contributed by atoms with E-state index in [1.54, 1.807) is 12.1 Å². The minimum atomic E-state index is -0.411. The standard InChI is InChI=1S/C23H23ClFN3O2S/c1-2-21(22(29)27-11-13-30-14-12-27)28(19-9-5-17(24)6-10-19)23-26-20(15-31-23)16-3-7-18(25)8-4-16/h3-10,15,21H,2,11-14H2,1H3/t21-/m1/s1. The number of anilines is 2. The van der Waals surface area contributed by atoms with E-state index in [9.17, 15) is 9.18 Å². The Morgan fingerprint density at radius 3 is 2.52 bits per heavy atom. The van der Waals surface area contributed by atoms with Gasteiger partial charge in [-0.05, 0) is 55.0 Å². The van der Waals surface area contributed by atoms with Crippen LogP contribution in [0.4, 0.5) is 15.2 Å². The number of hydrogen-bond acceptors (Lipinski definition) is 5. The molecule has 0 radical (unpaired) electrons. The lowest BCUT2D eigenvalue weighted by atomic mass is 10.1. The van der Waals surface area contributed by atoms with Gasteiger partial charge in [-0.3, -0.25) is 4.79 Å². The van der Waals surface area contributed by atoms with Crippen LogP contribution in [0.1, 0.15) is 13.3 Å². The minimum absolute atomic E-state index is 0.0549. The summed E-state index contributed by atoms with van der Waals surface area (Å²) in [5.74, 6) is -0.233. The van der Waals surface area contributed by atoms with Crippen LogP contribution in [0.15, 0.2) is 53.9 Å². The van der Waals surface area contributed by atoms with Gasteiger partial charge in [-0.25, -0.2) is 9.37 Å². The summed E-state index contributed by atoms with van der Waals surface area (Å²) in [5.41, 5.74) is 2.41. The molecule has 2 heterocycles. The highest BCUT2D eigenvalue weighted by Gasteiger charge is 2.32. The summed E-state index contributed by atoms with van der Waals surface area (Å²) in [6, 6.07) is 13.3. The molecule has 0 N–H and O–H groups in total. The summed E-state index contributed by atoms with van der Waals surface area (Å²) in [6.07, 6.45) is 0.615. The molecule has 5 nitrogen and oxygen atoms in total. The summed E-state index contributed by atoms with van der Waals surface area (Å²) in [5, 5.41) is 3.26. The van der Waals surface area contributed by atoms with Crippen LogP contribution in [0.25, 0.3) is 11.3 Å². The van der Waals surface area contributed by atoms with Crippen LogP contribution < -0.4 is 4.90 Å². The van der Waals surface area contributed by atoms with E-state index in [4.69, 9.17) is 21.3 Å². The van der Waals surface area contributed by atoms with E-state index in [2.05, 4.69) is 0 Å². The second-order valence-corrected chi connectivity index (χ2v) is 8.50. The number of aromatic nitrogens is 1. The smallest absolute Gasteiger partial charge is 0.245 e. The van der Waals surface area contributed by atoms with Gasteiger partial charge in [0, 0.05) is 34.7 Å². The van der Waals surface area contributed by atoms with Crippen molar-refractivity contribution in [1.82, 2.24) is 9.88 Å². The van der Waals surface area contributed by atoms with Crippen molar-refractivity contribution in [2.45, 2.75) is 19.4 Å². The third kappa shape index (κ3) is 4.89. The topological polar surface area (TPSA) is 45.7 Å². The summed E-state index contributed by atoms with van der Waals surface area (Å²) in [6.45, 7) is 4.27. The first kappa shape index (κ1) is 21.7. The van der Waals surface area contributed by atoms with E-state index >= 15 is 0 Å². The fraction of sp³-hybridized carbons (Fsp3) is 0.304. The zero-order chi connectivity index (χ0) is 21.8. The van der Waals surface area contributed by atoms with E-state index < -0.39 is 6.04 Å². The maximum atomic E-state index is 13.4. The number of carbonyl (C=O) groups is 1. The average molecular weight is 460 g/mol. The Hall–Kier alpha value is -2.48. The van der Waals surface area contributed by atoms with Crippen molar-refractivity contribution in [1.29, 1.82) is 0 Å². The maximum Gasteiger partial charge on any atom is 0.245 e.